The van der Waals surface area contributed by atoms with E-state index < -0.39 is 0 Å². The van der Waals surface area contributed by atoms with Crippen molar-refractivity contribution in [2.45, 2.75) is 19.8 Å². The molecule has 1 rings (SSSR count). The third-order valence-corrected chi connectivity index (χ3v) is 1.23. The Balaban J connectivity index is 2.81. The van der Waals surface area contributed by atoms with E-state index in [4.69, 9.17) is 0 Å². The Kier molecular flexibility index (Phi) is 2.31. The fourth-order valence-corrected chi connectivity index (χ4v) is 0.759. The fourth-order valence-electron chi connectivity index (χ4n) is 0.759. The monoisotopic (exact) mass is 140 g/mol. The molecule has 1 heterocycles. The lowest BCUT2D eigenvalue weighted by Crippen LogP contribution is -1.94. The van der Waals surface area contributed by atoms with Crippen molar-refractivity contribution in [1.29, 1.82) is 0 Å². The summed E-state index contributed by atoms with van der Waals surface area (Å²) in [5, 5.41) is 0. The van der Waals surface area contributed by atoms with Gasteiger partial charge in [0.1, 0.15) is 6.33 Å². The summed E-state index contributed by atoms with van der Waals surface area (Å²) in [6.07, 6.45) is 4.16. The van der Waals surface area contributed by atoms with Crippen molar-refractivity contribution in [1.82, 2.24) is 9.97 Å². The van der Waals surface area contributed by atoms with Crippen LogP contribution in [0.4, 0.5) is 4.39 Å². The number of halogens is 1. The Hall–Kier alpha value is -0.990. The van der Waals surface area contributed by atoms with Crippen molar-refractivity contribution in [3.63, 3.8) is 0 Å². The van der Waals surface area contributed by atoms with Crippen LogP contribution >= 0.6 is 0 Å². The van der Waals surface area contributed by atoms with E-state index >= 15 is 0 Å². The van der Waals surface area contributed by atoms with Crippen LogP contribution < -0.4 is 0 Å². The molecule has 54 valence electrons. The van der Waals surface area contributed by atoms with Crippen LogP contribution in [0.2, 0.25) is 0 Å². The van der Waals surface area contributed by atoms with Gasteiger partial charge in [-0.2, -0.15) is 0 Å². The largest absolute Gasteiger partial charge is 0.242 e. The quantitative estimate of drug-likeness (QED) is 0.623. The van der Waals surface area contributed by atoms with Crippen molar-refractivity contribution in [2.24, 2.45) is 0 Å². The third kappa shape index (κ3) is 1.50. The number of nitrogens with zero attached hydrogens (tertiary/aromatic N) is 2. The van der Waals surface area contributed by atoms with Gasteiger partial charge in [0.15, 0.2) is 5.82 Å². The molecule has 3 heteroatoms. The van der Waals surface area contributed by atoms with Gasteiger partial charge in [-0.15, -0.1) is 0 Å². The Morgan fingerprint density at radius 1 is 1.60 bits per heavy atom. The summed E-state index contributed by atoms with van der Waals surface area (Å²) in [7, 11) is 0. The molecular formula is C7H9FN2. The summed E-state index contributed by atoms with van der Waals surface area (Å²) in [4.78, 5) is 7.32. The van der Waals surface area contributed by atoms with Gasteiger partial charge in [0.2, 0.25) is 0 Å². The van der Waals surface area contributed by atoms with Crippen molar-refractivity contribution < 1.29 is 4.39 Å². The molecule has 0 fully saturated rings. The van der Waals surface area contributed by atoms with Crippen LogP contribution in [0.15, 0.2) is 12.5 Å². The molecule has 0 atom stereocenters. The Bertz CT molecular complexity index is 213. The van der Waals surface area contributed by atoms with E-state index in [9.17, 15) is 4.39 Å². The lowest BCUT2D eigenvalue weighted by molar-refractivity contribution is 0.587. The Labute approximate surface area is 59.1 Å². The number of hydrogen-bond donors (Lipinski definition) is 0. The van der Waals surface area contributed by atoms with Gasteiger partial charge in [0.25, 0.3) is 0 Å². The van der Waals surface area contributed by atoms with Crippen LogP contribution in [0.5, 0.6) is 0 Å². The minimum Gasteiger partial charge on any atom is -0.242 e. The maximum Gasteiger partial charge on any atom is 0.162 e. The van der Waals surface area contributed by atoms with Crippen LogP contribution in [-0.4, -0.2) is 9.97 Å². The second-order valence-corrected chi connectivity index (χ2v) is 2.07. The number of aromatic nitrogens is 2. The van der Waals surface area contributed by atoms with E-state index in [-0.39, 0.29) is 5.82 Å². The molecule has 1 aromatic rings. The van der Waals surface area contributed by atoms with E-state index in [1.54, 1.807) is 0 Å². The highest BCUT2D eigenvalue weighted by Crippen LogP contribution is 2.02. The lowest BCUT2D eigenvalue weighted by atomic mass is 10.2. The van der Waals surface area contributed by atoms with Gasteiger partial charge < -0.3 is 0 Å². The van der Waals surface area contributed by atoms with Crippen LogP contribution in [0.3, 0.4) is 0 Å². The summed E-state index contributed by atoms with van der Waals surface area (Å²) in [5.74, 6) is -0.302. The second-order valence-electron chi connectivity index (χ2n) is 2.07. The molecular weight excluding hydrogens is 131 g/mol. The van der Waals surface area contributed by atoms with Gasteiger partial charge in [-0.05, 0) is 6.42 Å². The first-order valence-corrected chi connectivity index (χ1v) is 3.29. The molecule has 0 spiro atoms. The molecule has 10 heavy (non-hydrogen) atoms. The zero-order chi connectivity index (χ0) is 7.40. The van der Waals surface area contributed by atoms with E-state index in [1.165, 1.54) is 12.5 Å². The highest BCUT2D eigenvalue weighted by Gasteiger charge is 1.99. The first kappa shape index (κ1) is 7.12. The number of rotatable bonds is 2. The zero-order valence-electron chi connectivity index (χ0n) is 5.84. The SMILES string of the molecule is CCCc1ncncc1F. The van der Waals surface area contributed by atoms with Crippen molar-refractivity contribution >= 4 is 0 Å². The average Bonchev–Trinajstić information content (AvgIpc) is 1.94. The minimum atomic E-state index is -0.302. The molecule has 0 radical (unpaired) electrons. The summed E-state index contributed by atoms with van der Waals surface area (Å²) in [6.45, 7) is 1.99. The van der Waals surface area contributed by atoms with Gasteiger partial charge in [0, 0.05) is 0 Å². The minimum absolute atomic E-state index is 0.302. The number of hydrogen-bond acceptors (Lipinski definition) is 2. The van der Waals surface area contributed by atoms with Crippen molar-refractivity contribution in [3.8, 4) is 0 Å². The smallest absolute Gasteiger partial charge is 0.162 e. The summed E-state index contributed by atoms with van der Waals surface area (Å²) >= 11 is 0. The predicted octanol–water partition coefficient (Wildman–Crippen LogP) is 1.57. The fraction of sp³-hybridized carbons (Fsp3) is 0.429. The Morgan fingerprint density at radius 3 is 3.00 bits per heavy atom. The summed E-state index contributed by atoms with van der Waals surface area (Å²) < 4.78 is 12.7. The third-order valence-electron chi connectivity index (χ3n) is 1.23. The molecule has 0 aromatic carbocycles. The van der Waals surface area contributed by atoms with Gasteiger partial charge >= 0.3 is 0 Å². The zero-order valence-corrected chi connectivity index (χ0v) is 5.84. The molecule has 0 saturated heterocycles. The van der Waals surface area contributed by atoms with Crippen LogP contribution in [0.25, 0.3) is 0 Å². The maximum atomic E-state index is 12.7. The highest BCUT2D eigenvalue weighted by atomic mass is 19.1. The normalized spacial score (nSPS) is 9.80. The molecule has 0 amide bonds. The molecule has 0 saturated carbocycles. The molecule has 0 bridgehead atoms. The molecule has 0 aliphatic heterocycles. The van der Waals surface area contributed by atoms with Gasteiger partial charge in [0.05, 0.1) is 11.9 Å². The van der Waals surface area contributed by atoms with Gasteiger partial charge in [-0.1, -0.05) is 13.3 Å². The second kappa shape index (κ2) is 3.25. The predicted molar refractivity (Wildman–Crippen MR) is 36.0 cm³/mol. The Morgan fingerprint density at radius 2 is 2.40 bits per heavy atom. The molecule has 0 aliphatic rings. The molecule has 0 N–H and O–H groups in total. The molecule has 0 aliphatic carbocycles. The summed E-state index contributed by atoms with van der Waals surface area (Å²) in [6, 6.07) is 0. The first-order valence-electron chi connectivity index (χ1n) is 3.29. The average molecular weight is 140 g/mol. The van der Waals surface area contributed by atoms with Crippen LogP contribution in [-0.2, 0) is 6.42 Å². The van der Waals surface area contributed by atoms with Crippen LogP contribution in [0.1, 0.15) is 19.0 Å². The standard InChI is InChI=1S/C7H9FN2/c1-2-3-7-6(8)4-9-5-10-7/h4-5H,2-3H2,1H3. The molecule has 2 nitrogen and oxygen atoms in total. The van der Waals surface area contributed by atoms with Crippen molar-refractivity contribution in [2.75, 3.05) is 0 Å². The maximum absolute atomic E-state index is 12.7. The van der Waals surface area contributed by atoms with E-state index in [2.05, 4.69) is 9.97 Å². The van der Waals surface area contributed by atoms with Crippen molar-refractivity contribution in [3.05, 3.63) is 24.0 Å². The molecule has 1 aromatic heterocycles. The van der Waals surface area contributed by atoms with E-state index in [0.717, 1.165) is 6.42 Å². The van der Waals surface area contributed by atoms with Gasteiger partial charge in [-0.25, -0.2) is 14.4 Å². The van der Waals surface area contributed by atoms with Gasteiger partial charge in [-0.3, -0.25) is 0 Å². The summed E-state index contributed by atoms with van der Waals surface area (Å²) in [5.41, 5.74) is 0.512. The van der Waals surface area contributed by atoms with Crippen LogP contribution in [0, 0.1) is 5.82 Å². The highest BCUT2D eigenvalue weighted by molar-refractivity contribution is 5.01. The first-order chi connectivity index (χ1) is 4.84. The van der Waals surface area contributed by atoms with E-state index in [0.29, 0.717) is 12.1 Å². The number of aryl methyl sites for hydroxylation is 1. The molecule has 0 unspecified atom stereocenters. The lowest BCUT2D eigenvalue weighted by Gasteiger charge is -1.95. The van der Waals surface area contributed by atoms with E-state index in [1.807, 2.05) is 6.92 Å². The topological polar surface area (TPSA) is 25.8 Å².